The van der Waals surface area contributed by atoms with Crippen molar-refractivity contribution in [2.75, 3.05) is 0 Å². The summed E-state index contributed by atoms with van der Waals surface area (Å²) >= 11 is 0. The number of hydrogen-bond acceptors (Lipinski definition) is 4. The summed E-state index contributed by atoms with van der Waals surface area (Å²) in [4.78, 5) is 24.5. The lowest BCUT2D eigenvalue weighted by Crippen LogP contribution is -2.47. The maximum atomic E-state index is 12.6. The number of aliphatic hydroxyl groups is 2. The zero-order chi connectivity index (χ0) is 21.6. The molecule has 29 heavy (non-hydrogen) atoms. The predicted octanol–water partition coefficient (Wildman–Crippen LogP) is 4.39. The number of allylic oxidation sites excluding steroid dienone is 4. The monoisotopic (exact) mass is 402 g/mol. The Morgan fingerprint density at radius 2 is 1.97 bits per heavy atom. The topological polar surface area (TPSA) is 74.6 Å². The zero-order valence-electron chi connectivity index (χ0n) is 18.7. The highest BCUT2D eigenvalue weighted by Gasteiger charge is 2.60. The van der Waals surface area contributed by atoms with E-state index in [2.05, 4.69) is 33.8 Å². The van der Waals surface area contributed by atoms with Gasteiger partial charge in [-0.05, 0) is 82.1 Å². The van der Waals surface area contributed by atoms with E-state index in [1.165, 1.54) is 5.57 Å². The van der Waals surface area contributed by atoms with Gasteiger partial charge in [-0.15, -0.1) is 0 Å². The van der Waals surface area contributed by atoms with Gasteiger partial charge in [0.2, 0.25) is 0 Å². The van der Waals surface area contributed by atoms with Gasteiger partial charge in [0.05, 0.1) is 17.1 Å². The van der Waals surface area contributed by atoms with Gasteiger partial charge in [-0.2, -0.15) is 0 Å². The smallest absolute Gasteiger partial charge is 0.146 e. The van der Waals surface area contributed by atoms with Crippen molar-refractivity contribution < 1.29 is 19.8 Å². The number of carbonyl (C=O) groups excluding carboxylic acids is 2. The van der Waals surface area contributed by atoms with Crippen molar-refractivity contribution in [2.45, 2.75) is 90.8 Å². The molecule has 0 aliphatic heterocycles. The van der Waals surface area contributed by atoms with Crippen molar-refractivity contribution in [2.24, 2.45) is 29.1 Å². The fourth-order valence-electron chi connectivity index (χ4n) is 6.57. The first-order chi connectivity index (χ1) is 13.4. The summed E-state index contributed by atoms with van der Waals surface area (Å²) in [5.74, 6) is -0.603. The molecule has 3 aliphatic carbocycles. The second-order valence-corrected chi connectivity index (χ2v) is 10.8. The van der Waals surface area contributed by atoms with E-state index in [1.54, 1.807) is 6.92 Å². The first-order valence-electron chi connectivity index (χ1n) is 11.2. The summed E-state index contributed by atoms with van der Waals surface area (Å²) in [6, 6.07) is 0. The fraction of sp³-hybridized carbons (Fsp3) is 0.760. The van der Waals surface area contributed by atoms with E-state index < -0.39 is 17.1 Å². The number of Topliss-reactive ketones (excluding diaryl/α,β-unsaturated/α-hetero) is 1. The van der Waals surface area contributed by atoms with Gasteiger partial charge in [-0.25, -0.2) is 0 Å². The molecule has 0 heterocycles. The third-order valence-corrected chi connectivity index (χ3v) is 8.40. The molecule has 0 unspecified atom stereocenters. The Morgan fingerprint density at radius 3 is 2.59 bits per heavy atom. The van der Waals surface area contributed by atoms with Gasteiger partial charge in [0.25, 0.3) is 0 Å². The summed E-state index contributed by atoms with van der Waals surface area (Å²) in [6.07, 6.45) is 9.83. The van der Waals surface area contributed by atoms with Crippen molar-refractivity contribution >= 4 is 12.1 Å². The van der Waals surface area contributed by atoms with Crippen LogP contribution in [0.1, 0.15) is 79.6 Å². The van der Waals surface area contributed by atoms with Crippen LogP contribution in [-0.2, 0) is 9.59 Å². The van der Waals surface area contributed by atoms with Crippen LogP contribution in [0.15, 0.2) is 23.3 Å². The highest BCUT2D eigenvalue weighted by atomic mass is 16.3. The van der Waals surface area contributed by atoms with Crippen molar-refractivity contribution in [1.29, 1.82) is 0 Å². The molecule has 0 aromatic heterocycles. The van der Waals surface area contributed by atoms with Crippen LogP contribution in [-0.4, -0.2) is 33.5 Å². The zero-order valence-corrected chi connectivity index (χ0v) is 18.7. The Kier molecular flexibility index (Phi) is 6.01. The van der Waals surface area contributed by atoms with Gasteiger partial charge in [0.15, 0.2) is 0 Å². The SMILES string of the molecule is CC(C)=CCC[C@H](C)[C@@]1(O)CC[C@]2(C)C[C@H]3[C@H](C(=O)C[C@@]3(C)O)/C(C=O)=C\C[C@H]21. The van der Waals surface area contributed by atoms with Crippen LogP contribution < -0.4 is 0 Å². The quantitative estimate of drug-likeness (QED) is 0.528. The molecule has 4 heteroatoms. The van der Waals surface area contributed by atoms with Crippen LogP contribution in [0, 0.1) is 29.1 Å². The Hall–Kier alpha value is -1.26. The molecule has 162 valence electrons. The lowest BCUT2D eigenvalue weighted by molar-refractivity contribution is -0.121. The second-order valence-electron chi connectivity index (χ2n) is 10.8. The second kappa shape index (κ2) is 7.77. The third-order valence-electron chi connectivity index (χ3n) is 8.40. The maximum absolute atomic E-state index is 12.6. The van der Waals surface area contributed by atoms with Gasteiger partial charge < -0.3 is 10.2 Å². The van der Waals surface area contributed by atoms with E-state index in [0.717, 1.165) is 32.0 Å². The third kappa shape index (κ3) is 3.90. The van der Waals surface area contributed by atoms with Gasteiger partial charge in [0, 0.05) is 12.3 Å². The van der Waals surface area contributed by atoms with Crippen molar-refractivity contribution in [3.8, 4) is 0 Å². The van der Waals surface area contributed by atoms with Crippen molar-refractivity contribution in [1.82, 2.24) is 0 Å². The van der Waals surface area contributed by atoms with E-state index in [0.29, 0.717) is 18.4 Å². The number of carbonyl (C=O) groups is 2. The molecule has 2 N–H and O–H groups in total. The molecule has 2 saturated carbocycles. The van der Waals surface area contributed by atoms with Gasteiger partial charge in [-0.3, -0.25) is 9.59 Å². The molecule has 0 saturated heterocycles. The van der Waals surface area contributed by atoms with Gasteiger partial charge >= 0.3 is 0 Å². The molecular formula is C25H38O4. The Balaban J connectivity index is 1.94. The number of aldehydes is 1. The van der Waals surface area contributed by atoms with Crippen LogP contribution in [0.25, 0.3) is 0 Å². The Bertz CT molecular complexity index is 729. The lowest BCUT2D eigenvalue weighted by Gasteiger charge is -2.45. The van der Waals surface area contributed by atoms with E-state index in [-0.39, 0.29) is 35.4 Å². The summed E-state index contributed by atoms with van der Waals surface area (Å²) in [7, 11) is 0. The van der Waals surface area contributed by atoms with E-state index in [1.807, 2.05) is 6.08 Å². The molecule has 0 aromatic rings. The lowest BCUT2D eigenvalue weighted by atomic mass is 9.61. The first kappa shape index (κ1) is 22.4. The largest absolute Gasteiger partial charge is 0.389 e. The minimum Gasteiger partial charge on any atom is -0.389 e. The Morgan fingerprint density at radius 1 is 1.28 bits per heavy atom. The summed E-state index contributed by atoms with van der Waals surface area (Å²) in [5, 5.41) is 22.8. The molecule has 3 aliphatic rings. The predicted molar refractivity (Wildman–Crippen MR) is 114 cm³/mol. The summed E-state index contributed by atoms with van der Waals surface area (Å²) in [5.41, 5.74) is -0.224. The van der Waals surface area contributed by atoms with Gasteiger partial charge in [0.1, 0.15) is 12.1 Å². The van der Waals surface area contributed by atoms with Crippen molar-refractivity contribution in [3.05, 3.63) is 23.3 Å². The average Bonchev–Trinajstić information content (AvgIpc) is 2.98. The molecule has 3 rings (SSSR count). The highest BCUT2D eigenvalue weighted by Crippen LogP contribution is 2.61. The molecule has 0 radical (unpaired) electrons. The molecule has 0 spiro atoms. The molecule has 7 atom stereocenters. The number of fused-ring (bicyclic) bond motifs is 2. The first-order valence-corrected chi connectivity index (χ1v) is 11.2. The standard InChI is InChI=1S/C25H38O4/c1-16(2)7-6-8-17(3)25(29)12-11-23(4)13-19-22(20(27)14-24(19,5)28)18(15-26)9-10-21(23)25/h7,9,15,17,19,21-22,28-29H,6,8,10-14H2,1-5H3/b18-9-/t17-,19-,21+,22+,23+,24+,25-/m0/s1. The van der Waals surface area contributed by atoms with E-state index in [9.17, 15) is 19.8 Å². The van der Waals surface area contributed by atoms with Crippen LogP contribution in [0.5, 0.6) is 0 Å². The number of hydrogen-bond donors (Lipinski definition) is 2. The van der Waals surface area contributed by atoms with Crippen LogP contribution in [0.4, 0.5) is 0 Å². The number of rotatable bonds is 5. The molecule has 0 aromatic carbocycles. The Labute approximate surface area is 175 Å². The normalized spacial score (nSPS) is 44.7. The maximum Gasteiger partial charge on any atom is 0.146 e. The van der Waals surface area contributed by atoms with Crippen LogP contribution in [0.2, 0.25) is 0 Å². The summed E-state index contributed by atoms with van der Waals surface area (Å²) in [6.45, 7) is 10.3. The van der Waals surface area contributed by atoms with Gasteiger partial charge in [-0.1, -0.05) is 31.6 Å². The minimum atomic E-state index is -1.09. The van der Waals surface area contributed by atoms with E-state index >= 15 is 0 Å². The van der Waals surface area contributed by atoms with Crippen LogP contribution in [0.3, 0.4) is 0 Å². The number of ketones is 1. The summed E-state index contributed by atoms with van der Waals surface area (Å²) < 4.78 is 0. The fourth-order valence-corrected chi connectivity index (χ4v) is 6.57. The van der Waals surface area contributed by atoms with Crippen molar-refractivity contribution in [3.63, 3.8) is 0 Å². The highest BCUT2D eigenvalue weighted by molar-refractivity contribution is 5.94. The molecule has 0 bridgehead atoms. The minimum absolute atomic E-state index is 0.0243. The molecular weight excluding hydrogens is 364 g/mol. The average molecular weight is 403 g/mol. The molecule has 4 nitrogen and oxygen atoms in total. The van der Waals surface area contributed by atoms with E-state index in [4.69, 9.17) is 0 Å². The van der Waals surface area contributed by atoms with Crippen LogP contribution >= 0.6 is 0 Å². The molecule has 2 fully saturated rings. The molecule has 0 amide bonds.